The maximum Gasteiger partial charge on any atom is 0.330 e. The topological polar surface area (TPSA) is 101 Å². The predicted molar refractivity (Wildman–Crippen MR) is 79.8 cm³/mol. The van der Waals surface area contributed by atoms with Crippen LogP contribution in [0.1, 0.15) is 0 Å². The molecule has 0 fully saturated rings. The number of benzene rings is 1. The first kappa shape index (κ1) is 13.1. The molecule has 0 amide bonds. The van der Waals surface area contributed by atoms with Gasteiger partial charge in [0.05, 0.1) is 16.3 Å². The van der Waals surface area contributed by atoms with Crippen LogP contribution >= 0.6 is 0 Å². The number of aromatic nitrogens is 2. The number of rotatable bonds is 2. The molecule has 8 heteroatoms. The number of nitrogens with two attached hydrogens (primary N) is 1. The van der Waals surface area contributed by atoms with Crippen molar-refractivity contribution < 1.29 is 4.92 Å². The first-order valence-corrected chi connectivity index (χ1v) is 6.42. The molecule has 1 aliphatic rings. The number of anilines is 4. The van der Waals surface area contributed by atoms with Crippen LogP contribution < -0.4 is 15.5 Å². The van der Waals surface area contributed by atoms with Crippen molar-refractivity contribution in [2.75, 3.05) is 35.7 Å². The standard InChI is InChI=1S/C13H14N6O2/c1-17-6-7-18(10-5-3-2-4-9(10)17)12-11(19(20)21)8-15-13(14)16-12/h2-5,8H,6-7H2,1H3,(H2,14,15,16). The van der Waals surface area contributed by atoms with E-state index < -0.39 is 4.92 Å². The summed E-state index contributed by atoms with van der Waals surface area (Å²) in [5.41, 5.74) is 7.31. The van der Waals surface area contributed by atoms with Gasteiger partial charge in [-0.3, -0.25) is 10.1 Å². The van der Waals surface area contributed by atoms with Gasteiger partial charge >= 0.3 is 5.69 Å². The number of likely N-dealkylation sites (N-methyl/N-ethyl adjacent to an activating group) is 1. The van der Waals surface area contributed by atoms with Crippen LogP contribution in [0, 0.1) is 10.1 Å². The molecule has 0 saturated heterocycles. The molecule has 2 aromatic rings. The van der Waals surface area contributed by atoms with E-state index in [0.717, 1.165) is 24.1 Å². The zero-order valence-electron chi connectivity index (χ0n) is 11.4. The van der Waals surface area contributed by atoms with Crippen LogP contribution in [0.25, 0.3) is 0 Å². The predicted octanol–water partition coefficient (Wildman–Crippen LogP) is 1.55. The lowest BCUT2D eigenvalue weighted by Gasteiger charge is -2.35. The van der Waals surface area contributed by atoms with Crippen LogP contribution in [-0.2, 0) is 0 Å². The lowest BCUT2D eigenvalue weighted by molar-refractivity contribution is -0.384. The van der Waals surface area contributed by atoms with Gasteiger partial charge in [0.25, 0.3) is 0 Å². The van der Waals surface area contributed by atoms with Gasteiger partial charge in [0.15, 0.2) is 0 Å². The van der Waals surface area contributed by atoms with E-state index in [1.165, 1.54) is 0 Å². The van der Waals surface area contributed by atoms with Crippen molar-refractivity contribution >= 4 is 28.8 Å². The van der Waals surface area contributed by atoms with E-state index >= 15 is 0 Å². The molecule has 0 saturated carbocycles. The zero-order chi connectivity index (χ0) is 15.0. The van der Waals surface area contributed by atoms with Gasteiger partial charge in [0, 0.05) is 20.1 Å². The molecule has 0 bridgehead atoms. The first-order valence-electron chi connectivity index (χ1n) is 6.42. The lowest BCUT2D eigenvalue weighted by Crippen LogP contribution is -2.37. The van der Waals surface area contributed by atoms with Gasteiger partial charge in [0.2, 0.25) is 11.8 Å². The van der Waals surface area contributed by atoms with Crippen LogP contribution in [0.3, 0.4) is 0 Å². The van der Waals surface area contributed by atoms with Crippen LogP contribution in [-0.4, -0.2) is 35.0 Å². The Hall–Kier alpha value is -2.90. The molecule has 21 heavy (non-hydrogen) atoms. The largest absolute Gasteiger partial charge is 0.371 e. The molecule has 1 aromatic carbocycles. The van der Waals surface area contributed by atoms with Crippen molar-refractivity contribution in [3.8, 4) is 0 Å². The highest BCUT2D eigenvalue weighted by atomic mass is 16.6. The van der Waals surface area contributed by atoms with E-state index in [-0.39, 0.29) is 17.5 Å². The third kappa shape index (κ3) is 2.20. The number of para-hydroxylation sites is 2. The summed E-state index contributed by atoms with van der Waals surface area (Å²) in [6, 6.07) is 7.70. The Morgan fingerprint density at radius 1 is 1.29 bits per heavy atom. The van der Waals surface area contributed by atoms with Crippen LogP contribution in [0.15, 0.2) is 30.5 Å². The lowest BCUT2D eigenvalue weighted by atomic mass is 10.1. The maximum absolute atomic E-state index is 11.2. The van der Waals surface area contributed by atoms with Crippen molar-refractivity contribution in [3.05, 3.63) is 40.6 Å². The summed E-state index contributed by atoms with van der Waals surface area (Å²) in [5.74, 6) is 0.250. The molecule has 0 aliphatic carbocycles. The second kappa shape index (κ2) is 4.89. The normalized spacial score (nSPS) is 14.0. The first-order chi connectivity index (χ1) is 10.1. The average molecular weight is 286 g/mol. The van der Waals surface area contributed by atoms with Gasteiger partial charge in [-0.1, -0.05) is 12.1 Å². The van der Waals surface area contributed by atoms with Crippen LogP contribution in [0.2, 0.25) is 0 Å². The number of hydrogen-bond acceptors (Lipinski definition) is 7. The van der Waals surface area contributed by atoms with Crippen LogP contribution in [0.5, 0.6) is 0 Å². The van der Waals surface area contributed by atoms with Crippen molar-refractivity contribution in [1.82, 2.24) is 9.97 Å². The summed E-state index contributed by atoms with van der Waals surface area (Å²) in [6.07, 6.45) is 1.15. The van der Waals surface area contributed by atoms with E-state index in [4.69, 9.17) is 5.73 Å². The van der Waals surface area contributed by atoms with E-state index in [1.54, 1.807) is 0 Å². The molecule has 108 valence electrons. The Morgan fingerprint density at radius 2 is 2.00 bits per heavy atom. The average Bonchev–Trinajstić information content (AvgIpc) is 2.47. The fraction of sp³-hybridized carbons (Fsp3) is 0.231. The number of nitro groups is 1. The number of nitrogens with zero attached hydrogens (tertiary/aromatic N) is 5. The molecule has 0 radical (unpaired) electrons. The van der Waals surface area contributed by atoms with Gasteiger partial charge in [-0.25, -0.2) is 4.98 Å². The Bertz CT molecular complexity index is 705. The third-order valence-electron chi connectivity index (χ3n) is 3.46. The minimum absolute atomic E-state index is 0.0204. The van der Waals surface area contributed by atoms with E-state index in [2.05, 4.69) is 14.9 Å². The summed E-state index contributed by atoms with van der Waals surface area (Å²) in [7, 11) is 1.99. The van der Waals surface area contributed by atoms with E-state index in [0.29, 0.717) is 6.54 Å². The van der Waals surface area contributed by atoms with E-state index in [9.17, 15) is 10.1 Å². The Morgan fingerprint density at radius 3 is 2.71 bits per heavy atom. The van der Waals surface area contributed by atoms with Gasteiger partial charge in [-0.05, 0) is 12.1 Å². The zero-order valence-corrected chi connectivity index (χ0v) is 11.4. The third-order valence-corrected chi connectivity index (χ3v) is 3.46. The molecular weight excluding hydrogens is 272 g/mol. The molecule has 1 aliphatic heterocycles. The van der Waals surface area contributed by atoms with E-state index in [1.807, 2.05) is 36.2 Å². The Kier molecular flexibility index (Phi) is 3.05. The molecule has 8 nitrogen and oxygen atoms in total. The Balaban J connectivity index is 2.16. The quantitative estimate of drug-likeness (QED) is 0.660. The molecule has 0 spiro atoms. The highest BCUT2D eigenvalue weighted by Gasteiger charge is 2.28. The van der Waals surface area contributed by atoms with Crippen molar-refractivity contribution in [1.29, 1.82) is 0 Å². The summed E-state index contributed by atoms with van der Waals surface area (Å²) < 4.78 is 0. The second-order valence-electron chi connectivity index (χ2n) is 4.76. The van der Waals surface area contributed by atoms with Crippen molar-refractivity contribution in [2.45, 2.75) is 0 Å². The van der Waals surface area contributed by atoms with Gasteiger partial charge in [0.1, 0.15) is 6.20 Å². The fourth-order valence-corrected chi connectivity index (χ4v) is 2.43. The number of nitrogen functional groups attached to an aromatic ring is 1. The molecule has 2 N–H and O–H groups in total. The summed E-state index contributed by atoms with van der Waals surface area (Å²) in [6.45, 7) is 1.32. The smallest absolute Gasteiger partial charge is 0.330 e. The van der Waals surface area contributed by atoms with Gasteiger partial charge in [-0.15, -0.1) is 0 Å². The number of fused-ring (bicyclic) bond motifs is 1. The van der Waals surface area contributed by atoms with Gasteiger partial charge in [-0.2, -0.15) is 4.98 Å². The SMILES string of the molecule is CN1CCN(c2nc(N)ncc2[N+](=O)[O-])c2ccccc21. The summed E-state index contributed by atoms with van der Waals surface area (Å²) in [4.78, 5) is 22.4. The van der Waals surface area contributed by atoms with Gasteiger partial charge < -0.3 is 15.5 Å². The minimum atomic E-state index is -0.490. The number of hydrogen-bond donors (Lipinski definition) is 1. The molecule has 3 rings (SSSR count). The molecule has 1 aromatic heterocycles. The second-order valence-corrected chi connectivity index (χ2v) is 4.76. The summed E-state index contributed by atoms with van der Waals surface area (Å²) in [5, 5.41) is 11.2. The molecule has 2 heterocycles. The maximum atomic E-state index is 11.2. The van der Waals surface area contributed by atoms with Crippen molar-refractivity contribution in [2.24, 2.45) is 0 Å². The minimum Gasteiger partial charge on any atom is -0.371 e. The Labute approximate surface area is 121 Å². The monoisotopic (exact) mass is 286 g/mol. The highest BCUT2D eigenvalue weighted by molar-refractivity contribution is 5.80. The molecule has 0 atom stereocenters. The molecule has 0 unspecified atom stereocenters. The summed E-state index contributed by atoms with van der Waals surface area (Å²) >= 11 is 0. The van der Waals surface area contributed by atoms with Crippen molar-refractivity contribution in [3.63, 3.8) is 0 Å². The highest BCUT2D eigenvalue weighted by Crippen LogP contribution is 2.39. The fourth-order valence-electron chi connectivity index (χ4n) is 2.43. The van der Waals surface area contributed by atoms with Crippen LogP contribution in [0.4, 0.5) is 28.8 Å². The molecular formula is C13H14N6O2.